The summed E-state index contributed by atoms with van der Waals surface area (Å²) in [7, 11) is 1.84. The number of aromatic nitrogens is 4. The minimum atomic E-state index is -0.736. The molecular weight excluding hydrogens is 466 g/mol. The number of aliphatic hydroxyl groups excluding tert-OH is 1. The summed E-state index contributed by atoms with van der Waals surface area (Å²) in [5.74, 6) is 0.809. The number of benzene rings is 2. The van der Waals surface area contributed by atoms with Crippen molar-refractivity contribution in [3.8, 4) is 11.3 Å². The molecule has 0 radical (unpaired) electrons. The van der Waals surface area contributed by atoms with Crippen LogP contribution in [-0.2, 0) is 11.2 Å². The Labute approximate surface area is 213 Å². The molecule has 0 bridgehead atoms. The molecule has 0 unspecified atom stereocenters. The molecular formula is C29H27N5O3. The maximum Gasteiger partial charge on any atom is 0.261 e. The van der Waals surface area contributed by atoms with E-state index < -0.39 is 6.10 Å². The van der Waals surface area contributed by atoms with Gasteiger partial charge in [0.25, 0.3) is 5.56 Å². The van der Waals surface area contributed by atoms with Gasteiger partial charge in [-0.05, 0) is 53.6 Å². The molecule has 2 N–H and O–H groups in total. The Bertz CT molecular complexity index is 1630. The first-order valence-corrected chi connectivity index (χ1v) is 12.4. The predicted molar refractivity (Wildman–Crippen MR) is 144 cm³/mol. The van der Waals surface area contributed by atoms with Gasteiger partial charge in [-0.1, -0.05) is 30.3 Å². The zero-order valence-electron chi connectivity index (χ0n) is 20.5. The van der Waals surface area contributed by atoms with E-state index in [0.29, 0.717) is 30.4 Å². The van der Waals surface area contributed by atoms with Crippen molar-refractivity contribution in [1.29, 1.82) is 0 Å². The van der Waals surface area contributed by atoms with Crippen molar-refractivity contribution in [2.24, 2.45) is 0 Å². The van der Waals surface area contributed by atoms with Gasteiger partial charge >= 0.3 is 0 Å². The smallest absolute Gasteiger partial charge is 0.261 e. The highest BCUT2D eigenvalue weighted by Gasteiger charge is 2.27. The van der Waals surface area contributed by atoms with Crippen LogP contribution in [0.3, 0.4) is 0 Å². The van der Waals surface area contributed by atoms with E-state index in [9.17, 15) is 9.90 Å². The molecule has 37 heavy (non-hydrogen) atoms. The van der Waals surface area contributed by atoms with Crippen LogP contribution >= 0.6 is 0 Å². The fourth-order valence-electron chi connectivity index (χ4n) is 5.08. The Hall–Kier alpha value is -4.14. The molecule has 5 aromatic rings. The molecule has 0 amide bonds. The zero-order chi connectivity index (χ0) is 25.4. The largest absolute Gasteiger partial charge is 0.389 e. The Kier molecular flexibility index (Phi) is 6.12. The van der Waals surface area contributed by atoms with Crippen molar-refractivity contribution >= 4 is 27.5 Å². The van der Waals surface area contributed by atoms with Crippen LogP contribution in [0.1, 0.15) is 23.6 Å². The minimum Gasteiger partial charge on any atom is -0.389 e. The van der Waals surface area contributed by atoms with Crippen LogP contribution in [0.25, 0.3) is 32.9 Å². The molecule has 2 aromatic carbocycles. The Morgan fingerprint density at radius 1 is 1.03 bits per heavy atom. The van der Waals surface area contributed by atoms with E-state index in [-0.39, 0.29) is 18.2 Å². The summed E-state index contributed by atoms with van der Waals surface area (Å²) in [6.45, 7) is 0.727. The third-order valence-electron chi connectivity index (χ3n) is 7.06. The number of anilines is 1. The first-order valence-electron chi connectivity index (χ1n) is 12.4. The summed E-state index contributed by atoms with van der Waals surface area (Å²) in [6.07, 6.45) is 5.70. The number of ether oxygens (including phenoxy) is 1. The third kappa shape index (κ3) is 4.34. The van der Waals surface area contributed by atoms with Gasteiger partial charge in [-0.2, -0.15) is 0 Å². The monoisotopic (exact) mass is 493 g/mol. The number of rotatable bonds is 5. The quantitative estimate of drug-likeness (QED) is 0.357. The van der Waals surface area contributed by atoms with Gasteiger partial charge in [-0.3, -0.25) is 14.3 Å². The standard InChI is InChI=1S/C29H27N5O3/c1-30-27-9-7-19(15-32-27)24-8-6-18(14-31-24)12-20-13-23-28(22-5-3-2-4-21(20)22)33-17-34(29(23)36)25-10-11-37-16-26(25)35/h2-9,13-15,17,25-26,35H,10-12,16H2,1H3,(H,30,32)/t25-,26-/m0/s1. The van der Waals surface area contributed by atoms with E-state index in [0.717, 1.165) is 39.0 Å². The molecule has 186 valence electrons. The molecule has 8 nitrogen and oxygen atoms in total. The third-order valence-corrected chi connectivity index (χ3v) is 7.06. The normalized spacial score (nSPS) is 17.8. The molecule has 8 heteroatoms. The van der Waals surface area contributed by atoms with Crippen LogP contribution in [0, 0.1) is 0 Å². The first kappa shape index (κ1) is 23.3. The molecule has 1 fully saturated rings. The Balaban J connectivity index is 1.39. The lowest BCUT2D eigenvalue weighted by Gasteiger charge is -2.29. The highest BCUT2D eigenvalue weighted by Crippen LogP contribution is 2.29. The SMILES string of the molecule is CNc1ccc(-c2ccc(Cc3cc4c(=O)n([C@H]5CCOC[C@@H]5O)cnc4c4ccccc34)cn2)cn1. The molecule has 3 aromatic heterocycles. The summed E-state index contributed by atoms with van der Waals surface area (Å²) in [6, 6.07) is 17.6. The number of hydrogen-bond acceptors (Lipinski definition) is 7. The summed E-state index contributed by atoms with van der Waals surface area (Å²) in [5, 5.41) is 16.0. The number of aliphatic hydroxyl groups is 1. The van der Waals surface area contributed by atoms with Gasteiger partial charge in [0.15, 0.2) is 0 Å². The molecule has 1 aliphatic rings. The Morgan fingerprint density at radius 2 is 1.89 bits per heavy atom. The van der Waals surface area contributed by atoms with Crippen molar-refractivity contribution in [3.05, 3.63) is 94.8 Å². The second-order valence-corrected chi connectivity index (χ2v) is 9.34. The highest BCUT2D eigenvalue weighted by molar-refractivity contribution is 6.06. The van der Waals surface area contributed by atoms with E-state index in [4.69, 9.17) is 4.74 Å². The van der Waals surface area contributed by atoms with E-state index in [1.165, 1.54) is 0 Å². The second kappa shape index (κ2) is 9.72. The van der Waals surface area contributed by atoms with Crippen LogP contribution in [0.15, 0.2) is 78.1 Å². The van der Waals surface area contributed by atoms with Gasteiger partial charge in [-0.15, -0.1) is 0 Å². The number of nitrogens with one attached hydrogen (secondary N) is 1. The molecule has 1 aliphatic heterocycles. The molecule has 6 rings (SSSR count). The maximum absolute atomic E-state index is 13.6. The average molecular weight is 494 g/mol. The van der Waals surface area contributed by atoms with Crippen molar-refractivity contribution < 1.29 is 9.84 Å². The van der Waals surface area contributed by atoms with Gasteiger partial charge < -0.3 is 15.2 Å². The highest BCUT2D eigenvalue weighted by atomic mass is 16.5. The number of fused-ring (bicyclic) bond motifs is 3. The minimum absolute atomic E-state index is 0.144. The lowest BCUT2D eigenvalue weighted by atomic mass is 9.96. The maximum atomic E-state index is 13.6. The van der Waals surface area contributed by atoms with Gasteiger partial charge in [0.2, 0.25) is 0 Å². The van der Waals surface area contributed by atoms with Crippen LogP contribution in [0.2, 0.25) is 0 Å². The van der Waals surface area contributed by atoms with Crippen LogP contribution < -0.4 is 10.9 Å². The lowest BCUT2D eigenvalue weighted by molar-refractivity contribution is -0.0395. The van der Waals surface area contributed by atoms with Crippen molar-refractivity contribution in [3.63, 3.8) is 0 Å². The number of pyridine rings is 2. The molecule has 2 atom stereocenters. The van der Waals surface area contributed by atoms with Crippen molar-refractivity contribution in [2.45, 2.75) is 25.0 Å². The summed E-state index contributed by atoms with van der Waals surface area (Å²) in [4.78, 5) is 27.3. The van der Waals surface area contributed by atoms with Gasteiger partial charge in [0, 0.05) is 37.0 Å². The van der Waals surface area contributed by atoms with Crippen molar-refractivity contribution in [1.82, 2.24) is 19.5 Å². The van der Waals surface area contributed by atoms with Crippen LogP contribution in [-0.4, -0.2) is 51.0 Å². The fourth-order valence-corrected chi connectivity index (χ4v) is 5.08. The van der Waals surface area contributed by atoms with Gasteiger partial charge in [-0.25, -0.2) is 9.97 Å². The van der Waals surface area contributed by atoms with E-state index in [1.807, 2.05) is 55.7 Å². The topological polar surface area (TPSA) is 102 Å². The molecule has 1 saturated heterocycles. The average Bonchev–Trinajstić information content (AvgIpc) is 2.95. The summed E-state index contributed by atoms with van der Waals surface area (Å²) < 4.78 is 6.92. The first-order chi connectivity index (χ1) is 18.1. The van der Waals surface area contributed by atoms with Gasteiger partial charge in [0.05, 0.1) is 41.7 Å². The lowest BCUT2D eigenvalue weighted by Crippen LogP contribution is -2.39. The summed E-state index contributed by atoms with van der Waals surface area (Å²) >= 11 is 0. The van der Waals surface area contributed by atoms with E-state index in [1.54, 1.807) is 17.1 Å². The number of hydrogen-bond donors (Lipinski definition) is 2. The molecule has 0 spiro atoms. The van der Waals surface area contributed by atoms with Gasteiger partial charge in [0.1, 0.15) is 5.82 Å². The molecule has 0 saturated carbocycles. The van der Waals surface area contributed by atoms with E-state index in [2.05, 4.69) is 32.4 Å². The molecule has 4 heterocycles. The Morgan fingerprint density at radius 3 is 2.62 bits per heavy atom. The zero-order valence-corrected chi connectivity index (χ0v) is 20.5. The fraction of sp³-hybridized carbons (Fsp3) is 0.241. The van der Waals surface area contributed by atoms with Crippen molar-refractivity contribution in [2.75, 3.05) is 25.6 Å². The molecule has 0 aliphatic carbocycles. The van der Waals surface area contributed by atoms with Crippen LogP contribution in [0.4, 0.5) is 5.82 Å². The summed E-state index contributed by atoms with van der Waals surface area (Å²) in [5.41, 5.74) is 4.40. The van der Waals surface area contributed by atoms with E-state index >= 15 is 0 Å². The second-order valence-electron chi connectivity index (χ2n) is 9.34. The predicted octanol–water partition coefficient (Wildman–Crippen LogP) is 3.96. The number of nitrogens with zero attached hydrogens (tertiary/aromatic N) is 4. The van der Waals surface area contributed by atoms with Crippen LogP contribution in [0.5, 0.6) is 0 Å².